The number of nitrogens with zero attached hydrogens (tertiary/aromatic N) is 2. The first-order chi connectivity index (χ1) is 35.4. The lowest BCUT2D eigenvalue weighted by Gasteiger charge is -2.30. The van der Waals surface area contributed by atoms with Crippen LogP contribution in [0.4, 0.5) is 34.1 Å². The van der Waals surface area contributed by atoms with Crippen LogP contribution in [0, 0.1) is 13.8 Å². The summed E-state index contributed by atoms with van der Waals surface area (Å²) in [4.78, 5) is 6.32. The van der Waals surface area contributed by atoms with E-state index in [1.165, 1.54) is 102 Å². The number of allylic oxidation sites excluding steroid dienone is 3. The van der Waals surface area contributed by atoms with Crippen molar-refractivity contribution >= 4 is 80.7 Å². The molecule has 1 heterocycles. The number of fused-ring (bicyclic) bond motifs is 3. The molecule has 0 unspecified atom stereocenters. The Kier molecular flexibility index (Phi) is 15.0. The third kappa shape index (κ3) is 10.6. The molecule has 0 atom stereocenters. The van der Waals surface area contributed by atoms with Crippen molar-refractivity contribution in [2.75, 3.05) is 9.80 Å². The van der Waals surface area contributed by atoms with Gasteiger partial charge in [-0.1, -0.05) is 187 Å². The van der Waals surface area contributed by atoms with Gasteiger partial charge < -0.3 is 9.80 Å². The highest BCUT2D eigenvalue weighted by atomic mass is 32.1. The molecule has 4 heteroatoms. The average molecular weight is 983 g/mol. The van der Waals surface area contributed by atoms with Gasteiger partial charge in [-0.2, -0.15) is 13.5 Å². The Bertz CT molecular complexity index is 3470. The van der Waals surface area contributed by atoms with Crippen molar-refractivity contribution in [2.45, 2.75) is 59.3 Å². The number of hydrogen-bond acceptors (Lipinski definition) is 3. The average Bonchev–Trinajstić information content (AvgIpc) is 3.83. The standard InChI is InChI=1S/C55H42N2S.C14H18.H2S/c1-39-28-30-42(31-29-39)43-32-34-46(35-33-43)57(53-26-13-25-52-51-24-8-9-27-54(51)58-55(52)53)50-23-12-22-49(38-50)56(47-20-10-18-44(36-47)40-14-4-2-5-15-40)48-21-11-19-45(37-48)41-16-6-3-7-17-41;1-11-7-3-5-9-13(11)14-10-6-4-8-12(14)2;/h2-8,10-26,28-38H,9,27H2,1H3;3,5,7,9H,4,6,8,10H2,1-2H3;1H2. The zero-order valence-corrected chi connectivity index (χ0v) is 43.9. The topological polar surface area (TPSA) is 6.48 Å². The van der Waals surface area contributed by atoms with E-state index < -0.39 is 0 Å². The molecule has 0 radical (unpaired) electrons. The van der Waals surface area contributed by atoms with E-state index in [0.717, 1.165) is 41.3 Å². The van der Waals surface area contributed by atoms with Crippen LogP contribution in [-0.2, 0) is 6.42 Å². The number of benzene rings is 9. The zero-order chi connectivity index (χ0) is 48.8. The molecule has 360 valence electrons. The minimum Gasteiger partial charge on any atom is -0.310 e. The molecule has 2 aliphatic rings. The highest BCUT2D eigenvalue weighted by Gasteiger charge is 2.23. The van der Waals surface area contributed by atoms with Crippen molar-refractivity contribution in [3.63, 3.8) is 0 Å². The molecular formula is C69H62N2S2. The maximum Gasteiger partial charge on any atom is 0.0640 e. The fraction of sp³-hybridized carbons (Fsp3) is 0.130. The summed E-state index contributed by atoms with van der Waals surface area (Å²) in [6.45, 7) is 6.64. The van der Waals surface area contributed by atoms with E-state index in [-0.39, 0.29) is 13.5 Å². The summed E-state index contributed by atoms with van der Waals surface area (Å²) in [5, 5.41) is 1.32. The molecule has 0 aliphatic heterocycles. The van der Waals surface area contributed by atoms with Gasteiger partial charge in [-0.05, 0) is 176 Å². The lowest BCUT2D eigenvalue weighted by molar-refractivity contribution is 0.714. The van der Waals surface area contributed by atoms with Crippen LogP contribution >= 0.6 is 24.8 Å². The van der Waals surface area contributed by atoms with Gasteiger partial charge in [-0.25, -0.2) is 0 Å². The fourth-order valence-electron chi connectivity index (χ4n) is 10.6. The summed E-state index contributed by atoms with van der Waals surface area (Å²) < 4.78 is 1.31. The molecular weight excluding hydrogens is 921 g/mol. The van der Waals surface area contributed by atoms with Crippen molar-refractivity contribution in [1.82, 2.24) is 0 Å². The van der Waals surface area contributed by atoms with Crippen molar-refractivity contribution < 1.29 is 0 Å². The van der Waals surface area contributed by atoms with Crippen molar-refractivity contribution in [1.29, 1.82) is 0 Å². The van der Waals surface area contributed by atoms with Crippen LogP contribution < -0.4 is 9.80 Å². The maximum absolute atomic E-state index is 2.45. The van der Waals surface area contributed by atoms with Crippen LogP contribution in [0.15, 0.2) is 236 Å². The van der Waals surface area contributed by atoms with Crippen molar-refractivity contribution in [2.24, 2.45) is 0 Å². The molecule has 2 aliphatic carbocycles. The Hall–Kier alpha value is -7.63. The third-order valence-corrected chi connectivity index (χ3v) is 15.7. The molecule has 0 N–H and O–H groups in total. The maximum atomic E-state index is 2.45. The zero-order valence-electron chi connectivity index (χ0n) is 42.1. The van der Waals surface area contributed by atoms with E-state index in [1.54, 1.807) is 11.1 Å². The smallest absolute Gasteiger partial charge is 0.0640 e. The molecule has 12 rings (SSSR count). The molecule has 0 spiro atoms. The van der Waals surface area contributed by atoms with Crippen molar-refractivity contribution in [3.05, 3.63) is 263 Å². The quantitative estimate of drug-likeness (QED) is 0.135. The summed E-state index contributed by atoms with van der Waals surface area (Å²) in [7, 11) is 0. The number of hydrogen-bond donors (Lipinski definition) is 0. The van der Waals surface area contributed by atoms with Crippen LogP contribution in [-0.4, -0.2) is 0 Å². The highest BCUT2D eigenvalue weighted by molar-refractivity contribution is 7.59. The van der Waals surface area contributed by atoms with Gasteiger partial charge in [0.2, 0.25) is 0 Å². The summed E-state index contributed by atoms with van der Waals surface area (Å²) in [6.07, 6.45) is 12.1. The molecule has 0 saturated heterocycles. The van der Waals surface area contributed by atoms with Crippen LogP contribution in [0.25, 0.3) is 55.1 Å². The monoisotopic (exact) mass is 982 g/mol. The van der Waals surface area contributed by atoms with Gasteiger partial charge in [0.1, 0.15) is 0 Å². The summed E-state index contributed by atoms with van der Waals surface area (Å²) in [6, 6.07) is 81.6. The van der Waals surface area contributed by atoms with Crippen LogP contribution in [0.3, 0.4) is 0 Å². The van der Waals surface area contributed by atoms with E-state index in [2.05, 4.69) is 267 Å². The molecule has 1 aromatic heterocycles. The Morgan fingerprint density at radius 1 is 0.411 bits per heavy atom. The molecule has 0 amide bonds. The Morgan fingerprint density at radius 2 is 0.932 bits per heavy atom. The summed E-state index contributed by atoms with van der Waals surface area (Å²) in [5.74, 6) is 0. The predicted octanol–water partition coefficient (Wildman–Crippen LogP) is 20.6. The Balaban J connectivity index is 0.000000352. The second-order valence-electron chi connectivity index (χ2n) is 19.3. The fourth-order valence-corrected chi connectivity index (χ4v) is 11.9. The molecule has 0 fully saturated rings. The second-order valence-corrected chi connectivity index (χ2v) is 20.4. The lowest BCUT2D eigenvalue weighted by atomic mass is 9.86. The number of aryl methyl sites for hydroxylation is 3. The lowest BCUT2D eigenvalue weighted by Crippen LogP contribution is -2.13. The summed E-state index contributed by atoms with van der Waals surface area (Å²) >= 11 is 1.95. The van der Waals surface area contributed by atoms with Gasteiger partial charge >= 0.3 is 0 Å². The van der Waals surface area contributed by atoms with E-state index in [4.69, 9.17) is 0 Å². The SMILES string of the molecule is CC1=C(c2ccccc2C)CCCC1.Cc1ccc(-c2ccc(N(c3cccc(N(c4cccc(-c5ccccc5)c4)c4cccc(-c5ccccc5)c4)c3)c3cccc4c5c(sc34)CCC=C5)cc2)cc1.S. The van der Waals surface area contributed by atoms with Crippen molar-refractivity contribution in [3.8, 4) is 33.4 Å². The molecule has 10 aromatic rings. The van der Waals surface area contributed by atoms with Gasteiger partial charge in [-0.3, -0.25) is 0 Å². The first kappa shape index (κ1) is 49.0. The van der Waals surface area contributed by atoms with E-state index in [9.17, 15) is 0 Å². The third-order valence-electron chi connectivity index (χ3n) is 14.4. The molecule has 73 heavy (non-hydrogen) atoms. The predicted molar refractivity (Wildman–Crippen MR) is 322 cm³/mol. The van der Waals surface area contributed by atoms with Crippen LogP contribution in [0.1, 0.15) is 66.2 Å². The number of rotatable bonds is 10. The van der Waals surface area contributed by atoms with Crippen LogP contribution in [0.5, 0.6) is 0 Å². The normalized spacial score (nSPS) is 12.9. The van der Waals surface area contributed by atoms with E-state index >= 15 is 0 Å². The van der Waals surface area contributed by atoms with Gasteiger partial charge in [-0.15, -0.1) is 11.3 Å². The van der Waals surface area contributed by atoms with Gasteiger partial charge in [0, 0.05) is 38.7 Å². The largest absolute Gasteiger partial charge is 0.310 e. The molecule has 0 saturated carbocycles. The van der Waals surface area contributed by atoms with Crippen LogP contribution in [0.2, 0.25) is 0 Å². The number of anilines is 6. The van der Waals surface area contributed by atoms with Gasteiger partial charge in [0.05, 0.1) is 10.4 Å². The second kappa shape index (κ2) is 22.4. The Morgan fingerprint density at radius 3 is 1.56 bits per heavy atom. The number of thiophene rings is 1. The minimum absolute atomic E-state index is 0. The van der Waals surface area contributed by atoms with E-state index in [1.807, 2.05) is 11.3 Å². The first-order valence-electron chi connectivity index (χ1n) is 25.6. The molecule has 2 nitrogen and oxygen atoms in total. The minimum atomic E-state index is 0. The van der Waals surface area contributed by atoms with E-state index in [0.29, 0.717) is 0 Å². The van der Waals surface area contributed by atoms with Gasteiger partial charge in [0.25, 0.3) is 0 Å². The highest BCUT2D eigenvalue weighted by Crippen LogP contribution is 2.47. The Labute approximate surface area is 443 Å². The molecule has 9 aromatic carbocycles. The molecule has 0 bridgehead atoms. The first-order valence-corrected chi connectivity index (χ1v) is 26.4. The van der Waals surface area contributed by atoms with Gasteiger partial charge in [0.15, 0.2) is 0 Å². The summed E-state index contributed by atoms with van der Waals surface area (Å²) in [5.41, 5.74) is 22.6.